The second-order valence-electron chi connectivity index (χ2n) is 4.92. The van der Waals surface area contributed by atoms with E-state index < -0.39 is 0 Å². The maximum atomic E-state index is 4.99. The second kappa shape index (κ2) is 9.60. The first kappa shape index (κ1) is 16.1. The van der Waals surface area contributed by atoms with Crippen LogP contribution in [0.1, 0.15) is 22.0 Å². The Morgan fingerprint density at radius 1 is 1.00 bits per heavy atom. The summed E-state index contributed by atoms with van der Waals surface area (Å²) in [6, 6.07) is 10.5. The van der Waals surface area contributed by atoms with Crippen LogP contribution in [-0.4, -0.2) is 37.0 Å². The van der Waals surface area contributed by atoms with Crippen LogP contribution in [0.25, 0.3) is 0 Å². The number of nitrogens with one attached hydrogen (secondary N) is 1. The number of hydrogen-bond acceptors (Lipinski definition) is 5. The van der Waals surface area contributed by atoms with Gasteiger partial charge in [-0.3, -0.25) is 0 Å². The summed E-state index contributed by atoms with van der Waals surface area (Å²) in [6.07, 6.45) is 4.11. The van der Waals surface area contributed by atoms with Gasteiger partial charge in [0.2, 0.25) is 0 Å². The Bertz CT molecular complexity index is 501. The number of aromatic nitrogens is 2. The highest BCUT2D eigenvalue weighted by molar-refractivity contribution is 7.11. The van der Waals surface area contributed by atoms with Gasteiger partial charge in [0.05, 0.1) is 6.61 Å². The number of ether oxygens (including phenoxy) is 1. The number of hydrogen-bond donors (Lipinski definition) is 1. The summed E-state index contributed by atoms with van der Waals surface area (Å²) in [7, 11) is 1.72. The first-order chi connectivity index (χ1) is 10.4. The van der Waals surface area contributed by atoms with Gasteiger partial charge in [-0.15, -0.1) is 21.5 Å². The van der Waals surface area contributed by atoms with E-state index in [1.807, 2.05) is 6.07 Å². The molecule has 1 aromatic carbocycles. The van der Waals surface area contributed by atoms with E-state index in [1.165, 1.54) is 5.56 Å². The molecule has 1 N–H and O–H groups in total. The Labute approximate surface area is 130 Å². The molecule has 4 nitrogen and oxygen atoms in total. The van der Waals surface area contributed by atoms with Gasteiger partial charge in [-0.25, -0.2) is 0 Å². The molecule has 0 saturated carbocycles. The number of nitrogens with zero attached hydrogens (tertiary/aromatic N) is 2. The molecule has 5 heteroatoms. The summed E-state index contributed by atoms with van der Waals surface area (Å²) in [6.45, 7) is 2.68. The van der Waals surface area contributed by atoms with Gasteiger partial charge in [-0.1, -0.05) is 30.3 Å². The largest absolute Gasteiger partial charge is 0.383 e. The standard InChI is InChI=1S/C16H23N3OS/c1-20-13-12-17-11-5-8-15-18-19-16(21-15)10-9-14-6-3-2-4-7-14/h2-4,6-7,17H,5,8-13H2,1H3. The van der Waals surface area contributed by atoms with Crippen molar-refractivity contribution in [3.05, 3.63) is 45.9 Å². The van der Waals surface area contributed by atoms with Crippen molar-refractivity contribution in [1.29, 1.82) is 0 Å². The van der Waals surface area contributed by atoms with Crippen LogP contribution in [0.2, 0.25) is 0 Å². The summed E-state index contributed by atoms with van der Waals surface area (Å²) in [5.74, 6) is 0. The van der Waals surface area contributed by atoms with Gasteiger partial charge in [0.25, 0.3) is 0 Å². The van der Waals surface area contributed by atoms with Crippen molar-refractivity contribution >= 4 is 11.3 Å². The lowest BCUT2D eigenvalue weighted by molar-refractivity contribution is 0.199. The average Bonchev–Trinajstić information content (AvgIpc) is 2.98. The highest BCUT2D eigenvalue weighted by atomic mass is 32.1. The SMILES string of the molecule is COCCNCCCc1nnc(CCc2ccccc2)s1. The summed E-state index contributed by atoms with van der Waals surface area (Å²) >= 11 is 1.75. The molecule has 1 heterocycles. The van der Waals surface area contributed by atoms with Gasteiger partial charge in [-0.05, 0) is 24.9 Å². The quantitative estimate of drug-likeness (QED) is 0.685. The molecule has 1 aromatic heterocycles. The lowest BCUT2D eigenvalue weighted by atomic mass is 10.1. The molecule has 2 rings (SSSR count). The molecule has 0 bridgehead atoms. The van der Waals surface area contributed by atoms with Crippen LogP contribution < -0.4 is 5.32 Å². The third kappa shape index (κ3) is 6.33. The molecular formula is C16H23N3OS. The predicted molar refractivity (Wildman–Crippen MR) is 86.8 cm³/mol. The topological polar surface area (TPSA) is 47.0 Å². The van der Waals surface area contributed by atoms with Crippen molar-refractivity contribution in [1.82, 2.24) is 15.5 Å². The summed E-state index contributed by atoms with van der Waals surface area (Å²) < 4.78 is 4.99. The zero-order chi connectivity index (χ0) is 14.8. The molecule has 0 fully saturated rings. The van der Waals surface area contributed by atoms with Crippen molar-refractivity contribution in [2.45, 2.75) is 25.7 Å². The first-order valence-electron chi connectivity index (χ1n) is 7.43. The van der Waals surface area contributed by atoms with Gasteiger partial charge in [0.15, 0.2) is 0 Å². The van der Waals surface area contributed by atoms with Crippen molar-refractivity contribution in [3.8, 4) is 0 Å². The monoisotopic (exact) mass is 305 g/mol. The minimum absolute atomic E-state index is 0.766. The smallest absolute Gasteiger partial charge is 0.117 e. The fourth-order valence-corrected chi connectivity index (χ4v) is 2.94. The van der Waals surface area contributed by atoms with Crippen LogP contribution >= 0.6 is 11.3 Å². The maximum absolute atomic E-state index is 4.99. The highest BCUT2D eigenvalue weighted by Crippen LogP contribution is 2.14. The first-order valence-corrected chi connectivity index (χ1v) is 8.25. The molecule has 0 aliphatic carbocycles. The summed E-state index contributed by atoms with van der Waals surface area (Å²) in [5.41, 5.74) is 1.36. The van der Waals surface area contributed by atoms with Crippen molar-refractivity contribution in [2.75, 3.05) is 26.8 Å². The Morgan fingerprint density at radius 2 is 1.76 bits per heavy atom. The van der Waals surface area contributed by atoms with E-state index in [1.54, 1.807) is 18.4 Å². The van der Waals surface area contributed by atoms with Crippen LogP contribution in [0.15, 0.2) is 30.3 Å². The molecule has 0 spiro atoms. The lowest BCUT2D eigenvalue weighted by Gasteiger charge is -2.01. The van der Waals surface area contributed by atoms with Crippen LogP contribution in [0.3, 0.4) is 0 Å². The summed E-state index contributed by atoms with van der Waals surface area (Å²) in [5, 5.41) is 14.2. The highest BCUT2D eigenvalue weighted by Gasteiger charge is 2.04. The van der Waals surface area contributed by atoms with Crippen LogP contribution in [0.5, 0.6) is 0 Å². The molecule has 21 heavy (non-hydrogen) atoms. The molecule has 2 aromatic rings. The molecule has 0 amide bonds. The summed E-state index contributed by atoms with van der Waals surface area (Å²) in [4.78, 5) is 0. The zero-order valence-electron chi connectivity index (χ0n) is 12.5. The van der Waals surface area contributed by atoms with Gasteiger partial charge in [-0.2, -0.15) is 0 Å². The maximum Gasteiger partial charge on any atom is 0.117 e. The van der Waals surface area contributed by atoms with Crippen molar-refractivity contribution in [2.24, 2.45) is 0 Å². The minimum Gasteiger partial charge on any atom is -0.383 e. The lowest BCUT2D eigenvalue weighted by Crippen LogP contribution is -2.20. The van der Waals surface area contributed by atoms with Gasteiger partial charge in [0, 0.05) is 26.5 Å². The molecule has 114 valence electrons. The average molecular weight is 305 g/mol. The van der Waals surface area contributed by atoms with Crippen LogP contribution in [0, 0.1) is 0 Å². The fraction of sp³-hybridized carbons (Fsp3) is 0.500. The Balaban J connectivity index is 1.64. The Kier molecular flexibility index (Phi) is 7.35. The van der Waals surface area contributed by atoms with Crippen LogP contribution in [-0.2, 0) is 24.0 Å². The van der Waals surface area contributed by atoms with E-state index in [0.717, 1.165) is 55.4 Å². The molecule has 0 aliphatic heterocycles. The Hall–Kier alpha value is -1.30. The van der Waals surface area contributed by atoms with Crippen molar-refractivity contribution in [3.63, 3.8) is 0 Å². The van der Waals surface area contributed by atoms with E-state index in [2.05, 4.69) is 39.8 Å². The molecule has 0 unspecified atom stereocenters. The number of methoxy groups -OCH3 is 1. The van der Waals surface area contributed by atoms with E-state index in [-0.39, 0.29) is 0 Å². The second-order valence-corrected chi connectivity index (χ2v) is 6.07. The van der Waals surface area contributed by atoms with Crippen molar-refractivity contribution < 1.29 is 4.74 Å². The van der Waals surface area contributed by atoms with E-state index in [0.29, 0.717) is 0 Å². The van der Waals surface area contributed by atoms with E-state index >= 15 is 0 Å². The molecule has 0 aliphatic rings. The van der Waals surface area contributed by atoms with Gasteiger partial charge >= 0.3 is 0 Å². The molecule has 0 radical (unpaired) electrons. The van der Waals surface area contributed by atoms with Gasteiger partial charge < -0.3 is 10.1 Å². The fourth-order valence-electron chi connectivity index (χ4n) is 2.05. The Morgan fingerprint density at radius 3 is 2.52 bits per heavy atom. The number of benzene rings is 1. The number of rotatable bonds is 10. The molecular weight excluding hydrogens is 282 g/mol. The molecule has 0 atom stereocenters. The third-order valence-corrected chi connectivity index (χ3v) is 4.25. The third-order valence-electron chi connectivity index (χ3n) is 3.21. The van der Waals surface area contributed by atoms with E-state index in [9.17, 15) is 0 Å². The van der Waals surface area contributed by atoms with E-state index in [4.69, 9.17) is 4.74 Å². The minimum atomic E-state index is 0.766. The zero-order valence-corrected chi connectivity index (χ0v) is 13.4. The predicted octanol–water partition coefficient (Wildman–Crippen LogP) is 2.49. The molecule has 0 saturated heterocycles. The number of aryl methyl sites for hydroxylation is 3. The normalized spacial score (nSPS) is 10.9. The van der Waals surface area contributed by atoms with Crippen LogP contribution in [0.4, 0.5) is 0 Å². The van der Waals surface area contributed by atoms with Gasteiger partial charge in [0.1, 0.15) is 10.0 Å².